The van der Waals surface area contributed by atoms with Crippen LogP contribution in [-0.2, 0) is 15.6 Å². The molecule has 3 N–H and O–H groups in total. The van der Waals surface area contributed by atoms with Crippen LogP contribution in [0.4, 0.5) is 4.79 Å². The molecule has 114 valence electrons. The molecule has 1 aromatic carbocycles. The van der Waals surface area contributed by atoms with E-state index in [1.54, 1.807) is 6.92 Å². The van der Waals surface area contributed by atoms with Crippen LogP contribution >= 0.6 is 0 Å². The highest BCUT2D eigenvalue weighted by Gasteiger charge is 2.26. The molecular weight excluding hydrogens is 296 g/mol. The van der Waals surface area contributed by atoms with E-state index < -0.39 is 34.0 Å². The van der Waals surface area contributed by atoms with Gasteiger partial charge in [-0.15, -0.1) is 0 Å². The van der Waals surface area contributed by atoms with Crippen molar-refractivity contribution in [2.75, 3.05) is 6.54 Å². The van der Waals surface area contributed by atoms with Crippen LogP contribution < -0.4 is 10.6 Å². The molecule has 0 aliphatic carbocycles. The van der Waals surface area contributed by atoms with Crippen molar-refractivity contribution in [2.45, 2.75) is 24.0 Å². The lowest BCUT2D eigenvalue weighted by Crippen LogP contribution is -2.44. The van der Waals surface area contributed by atoms with Crippen LogP contribution in [0.2, 0.25) is 0 Å². The Labute approximate surface area is 124 Å². The normalized spacial score (nSPS) is 13.0. The minimum atomic E-state index is -1.88. The summed E-state index contributed by atoms with van der Waals surface area (Å²) in [6.45, 7) is 3.40. The Morgan fingerprint density at radius 1 is 1.29 bits per heavy atom. The molecule has 1 aromatic rings. The molecule has 0 aliphatic rings. The molecule has 0 bridgehead atoms. The van der Waals surface area contributed by atoms with Gasteiger partial charge in [-0.25, -0.2) is 9.59 Å². The number of rotatable bonds is 5. The first-order valence-corrected chi connectivity index (χ1v) is 7.41. The highest BCUT2D eigenvalue weighted by atomic mass is 32.2. The number of carbonyl (C=O) groups excluding carboxylic acids is 2. The molecule has 8 heteroatoms. The second kappa shape index (κ2) is 7.53. The van der Waals surface area contributed by atoms with Crippen LogP contribution in [0.1, 0.15) is 24.2 Å². The molecule has 0 aromatic heterocycles. The van der Waals surface area contributed by atoms with Gasteiger partial charge < -0.3 is 10.4 Å². The maximum atomic E-state index is 12.3. The molecule has 21 heavy (non-hydrogen) atoms. The predicted molar refractivity (Wildman–Crippen MR) is 76.5 cm³/mol. The lowest BCUT2D eigenvalue weighted by molar-refractivity contribution is -0.119. The number of carboxylic acids is 1. The fraction of sp³-hybridized carbons (Fsp3) is 0.308. The molecule has 1 rings (SSSR count). The Hall–Kier alpha value is -2.22. The van der Waals surface area contributed by atoms with E-state index in [1.165, 1.54) is 31.2 Å². The van der Waals surface area contributed by atoms with Gasteiger partial charge in [-0.2, -0.15) is 0 Å². The molecular formula is C13H16N2O5S. The lowest BCUT2D eigenvalue weighted by atomic mass is 10.2. The van der Waals surface area contributed by atoms with Gasteiger partial charge in [0, 0.05) is 6.54 Å². The lowest BCUT2D eigenvalue weighted by Gasteiger charge is -2.13. The van der Waals surface area contributed by atoms with Crippen LogP contribution in [0.25, 0.3) is 0 Å². The largest absolute Gasteiger partial charge is 0.478 e. The zero-order chi connectivity index (χ0) is 16.0. The van der Waals surface area contributed by atoms with E-state index in [0.29, 0.717) is 6.54 Å². The molecule has 0 radical (unpaired) electrons. The summed E-state index contributed by atoms with van der Waals surface area (Å²) in [5.74, 6) is -1.96. The van der Waals surface area contributed by atoms with E-state index in [4.69, 9.17) is 5.11 Å². The molecule has 3 amide bonds. The predicted octanol–water partition coefficient (Wildman–Crippen LogP) is 0.727. The van der Waals surface area contributed by atoms with Crippen LogP contribution in [0.3, 0.4) is 0 Å². The number of aromatic carboxylic acids is 1. The molecule has 2 atom stereocenters. The zero-order valence-electron chi connectivity index (χ0n) is 11.6. The molecule has 0 fully saturated rings. The Balaban J connectivity index is 2.91. The Morgan fingerprint density at radius 3 is 2.48 bits per heavy atom. The summed E-state index contributed by atoms with van der Waals surface area (Å²) < 4.78 is 12.3. The number of carbonyl (C=O) groups is 3. The van der Waals surface area contributed by atoms with E-state index >= 15 is 0 Å². The first-order valence-electron chi connectivity index (χ1n) is 6.20. The Morgan fingerprint density at radius 2 is 1.90 bits per heavy atom. The van der Waals surface area contributed by atoms with E-state index in [9.17, 15) is 18.6 Å². The molecule has 7 nitrogen and oxygen atoms in total. The van der Waals surface area contributed by atoms with Crippen molar-refractivity contribution in [1.29, 1.82) is 0 Å². The first-order chi connectivity index (χ1) is 9.88. The average Bonchev–Trinajstić information content (AvgIpc) is 2.45. The minimum absolute atomic E-state index is 0.0450. The van der Waals surface area contributed by atoms with Gasteiger partial charge in [-0.3, -0.25) is 14.3 Å². The molecule has 0 saturated heterocycles. The van der Waals surface area contributed by atoms with Crippen LogP contribution in [-0.4, -0.2) is 39.0 Å². The van der Waals surface area contributed by atoms with Crippen molar-refractivity contribution in [3.05, 3.63) is 29.8 Å². The molecule has 0 spiro atoms. The first kappa shape index (κ1) is 16.8. The summed E-state index contributed by atoms with van der Waals surface area (Å²) in [6, 6.07) is 5.05. The van der Waals surface area contributed by atoms with E-state index in [2.05, 4.69) is 10.6 Å². The highest BCUT2D eigenvalue weighted by Crippen LogP contribution is 2.17. The second-order valence-corrected chi connectivity index (χ2v) is 5.83. The second-order valence-electron chi connectivity index (χ2n) is 4.09. The zero-order valence-corrected chi connectivity index (χ0v) is 12.4. The van der Waals surface area contributed by atoms with Crippen molar-refractivity contribution < 1.29 is 23.7 Å². The molecule has 0 saturated carbocycles. The van der Waals surface area contributed by atoms with Crippen molar-refractivity contribution in [3.63, 3.8) is 0 Å². The topological polar surface area (TPSA) is 113 Å². The van der Waals surface area contributed by atoms with Crippen molar-refractivity contribution >= 4 is 28.7 Å². The van der Waals surface area contributed by atoms with Gasteiger partial charge in [0.15, 0.2) is 0 Å². The number of imide groups is 1. The van der Waals surface area contributed by atoms with Gasteiger partial charge in [-0.1, -0.05) is 12.1 Å². The minimum Gasteiger partial charge on any atom is -0.478 e. The highest BCUT2D eigenvalue weighted by molar-refractivity contribution is 7.86. The third-order valence-corrected chi connectivity index (χ3v) is 4.24. The number of carboxylic acid groups (broad SMARTS) is 1. The summed E-state index contributed by atoms with van der Waals surface area (Å²) >= 11 is 0. The smallest absolute Gasteiger partial charge is 0.336 e. The van der Waals surface area contributed by atoms with Crippen molar-refractivity contribution in [1.82, 2.24) is 10.6 Å². The fourth-order valence-corrected chi connectivity index (χ4v) is 2.74. The summed E-state index contributed by atoms with van der Waals surface area (Å²) in [7, 11) is -1.88. The van der Waals surface area contributed by atoms with Gasteiger partial charge in [-0.05, 0) is 26.0 Å². The third-order valence-electron chi connectivity index (χ3n) is 2.60. The number of benzene rings is 1. The molecule has 0 heterocycles. The molecule has 2 unspecified atom stereocenters. The monoisotopic (exact) mass is 312 g/mol. The Kier molecular flexibility index (Phi) is 6.04. The quantitative estimate of drug-likeness (QED) is 0.742. The van der Waals surface area contributed by atoms with E-state index in [-0.39, 0.29) is 10.5 Å². The van der Waals surface area contributed by atoms with E-state index in [0.717, 1.165) is 0 Å². The number of nitrogens with one attached hydrogen (secondary N) is 2. The average molecular weight is 312 g/mol. The number of hydrogen-bond donors (Lipinski definition) is 3. The number of amides is 3. The number of hydrogen-bond acceptors (Lipinski definition) is 4. The SMILES string of the molecule is CCNC(=O)NC(=O)C(C)S(=O)c1ccccc1C(=O)O. The van der Waals surface area contributed by atoms with Gasteiger partial charge in [0.2, 0.25) is 5.91 Å². The maximum absolute atomic E-state index is 12.3. The number of urea groups is 1. The standard InChI is InChI=1S/C13H16N2O5S/c1-3-14-13(19)15-11(16)8(2)21(20)10-7-5-4-6-9(10)12(17)18/h4-8H,3H2,1-2H3,(H,17,18)(H2,14,15,16,19). The van der Waals surface area contributed by atoms with Crippen LogP contribution in [0.15, 0.2) is 29.2 Å². The summed E-state index contributed by atoms with van der Waals surface area (Å²) in [4.78, 5) is 34.2. The summed E-state index contributed by atoms with van der Waals surface area (Å²) in [5, 5.41) is 12.4. The maximum Gasteiger partial charge on any atom is 0.336 e. The van der Waals surface area contributed by atoms with E-state index in [1.807, 2.05) is 0 Å². The van der Waals surface area contributed by atoms with Crippen molar-refractivity contribution in [3.8, 4) is 0 Å². The van der Waals surface area contributed by atoms with Crippen molar-refractivity contribution in [2.24, 2.45) is 0 Å². The summed E-state index contributed by atoms with van der Waals surface area (Å²) in [5.41, 5.74) is -0.131. The van der Waals surface area contributed by atoms with Gasteiger partial charge >= 0.3 is 12.0 Å². The summed E-state index contributed by atoms with van der Waals surface area (Å²) in [6.07, 6.45) is 0. The fourth-order valence-electron chi connectivity index (χ4n) is 1.52. The molecule has 0 aliphatic heterocycles. The third kappa shape index (κ3) is 4.38. The Bertz CT molecular complexity index is 588. The van der Waals surface area contributed by atoms with Crippen LogP contribution in [0, 0.1) is 0 Å². The van der Waals surface area contributed by atoms with Gasteiger partial charge in [0.25, 0.3) is 0 Å². The van der Waals surface area contributed by atoms with Gasteiger partial charge in [0.05, 0.1) is 21.3 Å². The van der Waals surface area contributed by atoms with Gasteiger partial charge in [0.1, 0.15) is 5.25 Å². The van der Waals surface area contributed by atoms with Crippen LogP contribution in [0.5, 0.6) is 0 Å².